The molecule has 0 aromatic carbocycles. The van der Waals surface area contributed by atoms with E-state index in [4.69, 9.17) is 0 Å². The molecular formula is C23H41P. The predicted octanol–water partition coefficient (Wildman–Crippen LogP) is 6.96. The minimum absolute atomic E-state index is 0.519. The molecule has 0 N–H and O–H groups in total. The van der Waals surface area contributed by atoms with Gasteiger partial charge in [-0.2, -0.15) is 0 Å². The second-order valence-corrected chi connectivity index (χ2v) is 11.0. The Hall–Kier alpha value is 0.170. The summed E-state index contributed by atoms with van der Waals surface area (Å²) >= 11 is 0. The molecule has 3 saturated carbocycles. The van der Waals surface area contributed by atoms with Crippen molar-refractivity contribution in [3.8, 4) is 0 Å². The van der Waals surface area contributed by atoms with Gasteiger partial charge in [-0.1, -0.05) is 39.3 Å². The normalized spacial score (nSPS) is 48.0. The number of hydrogen-bond donors (Lipinski definition) is 0. The van der Waals surface area contributed by atoms with E-state index in [-0.39, 0.29) is 0 Å². The van der Waals surface area contributed by atoms with Crippen LogP contribution < -0.4 is 0 Å². The fraction of sp³-hybridized carbons (Fsp3) is 0.913. The predicted molar refractivity (Wildman–Crippen MR) is 110 cm³/mol. The molecule has 0 aliphatic heterocycles. The standard InChI is InChI=1S/C23H41P/c1-7-15(2)10-19-13-23(6)20-11-16(3)18(14-24)12-17(20)8-9-21(23)22(19,4)5/h7,16-21H,8-14,24H2,1-6H3/b15-7-. The van der Waals surface area contributed by atoms with Gasteiger partial charge in [-0.05, 0) is 105 Å². The molecule has 8 unspecified atom stereocenters. The molecule has 3 aliphatic carbocycles. The summed E-state index contributed by atoms with van der Waals surface area (Å²) in [6, 6.07) is 0. The minimum atomic E-state index is 0.519. The van der Waals surface area contributed by atoms with E-state index >= 15 is 0 Å². The van der Waals surface area contributed by atoms with Crippen molar-refractivity contribution in [2.75, 3.05) is 6.16 Å². The molecule has 8 atom stereocenters. The van der Waals surface area contributed by atoms with Crippen LogP contribution in [0.3, 0.4) is 0 Å². The van der Waals surface area contributed by atoms with Crippen molar-refractivity contribution in [3.63, 3.8) is 0 Å². The molecule has 0 aromatic rings. The highest BCUT2D eigenvalue weighted by Crippen LogP contribution is 2.69. The molecule has 0 radical (unpaired) electrons. The van der Waals surface area contributed by atoms with Gasteiger partial charge in [0.25, 0.3) is 0 Å². The summed E-state index contributed by atoms with van der Waals surface area (Å²) in [5, 5.41) is 0. The largest absolute Gasteiger partial charge is 0.137 e. The monoisotopic (exact) mass is 348 g/mol. The third-order valence-electron chi connectivity index (χ3n) is 9.07. The second kappa shape index (κ2) is 6.72. The van der Waals surface area contributed by atoms with Gasteiger partial charge in [0.2, 0.25) is 0 Å². The van der Waals surface area contributed by atoms with E-state index in [1.807, 2.05) is 0 Å². The van der Waals surface area contributed by atoms with Crippen molar-refractivity contribution < 1.29 is 0 Å². The Labute approximate surface area is 153 Å². The second-order valence-electron chi connectivity index (χ2n) is 10.5. The Morgan fingerprint density at radius 3 is 2.50 bits per heavy atom. The van der Waals surface area contributed by atoms with E-state index < -0.39 is 0 Å². The Morgan fingerprint density at radius 1 is 1.17 bits per heavy atom. The van der Waals surface area contributed by atoms with Crippen LogP contribution in [-0.4, -0.2) is 6.16 Å². The summed E-state index contributed by atoms with van der Waals surface area (Å²) < 4.78 is 0. The van der Waals surface area contributed by atoms with Crippen molar-refractivity contribution in [1.82, 2.24) is 0 Å². The molecule has 0 amide bonds. The zero-order valence-corrected chi connectivity index (χ0v) is 18.2. The van der Waals surface area contributed by atoms with Crippen LogP contribution in [0.5, 0.6) is 0 Å². The summed E-state index contributed by atoms with van der Waals surface area (Å²) in [5.41, 5.74) is 2.72. The highest BCUT2D eigenvalue weighted by molar-refractivity contribution is 7.16. The summed E-state index contributed by atoms with van der Waals surface area (Å²) in [5.74, 6) is 5.74. The van der Waals surface area contributed by atoms with Crippen LogP contribution in [-0.2, 0) is 0 Å². The molecular weight excluding hydrogens is 307 g/mol. The van der Waals surface area contributed by atoms with Crippen LogP contribution in [0.15, 0.2) is 11.6 Å². The van der Waals surface area contributed by atoms with Gasteiger partial charge in [0.15, 0.2) is 0 Å². The maximum Gasteiger partial charge on any atom is -0.0258 e. The molecule has 138 valence electrons. The molecule has 0 heterocycles. The Kier molecular flexibility index (Phi) is 5.30. The van der Waals surface area contributed by atoms with Crippen LogP contribution >= 0.6 is 9.24 Å². The Bertz CT molecular complexity index is 490. The first-order valence-corrected chi connectivity index (χ1v) is 11.4. The van der Waals surface area contributed by atoms with Gasteiger partial charge < -0.3 is 0 Å². The van der Waals surface area contributed by atoms with Gasteiger partial charge in [0, 0.05) is 0 Å². The van der Waals surface area contributed by atoms with Crippen molar-refractivity contribution in [2.45, 2.75) is 80.1 Å². The van der Waals surface area contributed by atoms with Crippen molar-refractivity contribution >= 4 is 9.24 Å². The first-order valence-electron chi connectivity index (χ1n) is 10.6. The number of hydrogen-bond acceptors (Lipinski definition) is 0. The van der Waals surface area contributed by atoms with Gasteiger partial charge in [-0.15, -0.1) is 9.24 Å². The van der Waals surface area contributed by atoms with E-state index in [0.717, 1.165) is 35.5 Å². The quantitative estimate of drug-likeness (QED) is 0.382. The Morgan fingerprint density at radius 2 is 1.88 bits per heavy atom. The molecule has 0 aromatic heterocycles. The van der Waals surface area contributed by atoms with Gasteiger partial charge >= 0.3 is 0 Å². The van der Waals surface area contributed by atoms with Gasteiger partial charge in [-0.3, -0.25) is 0 Å². The summed E-state index contributed by atoms with van der Waals surface area (Å²) in [6.07, 6.45) is 12.5. The number of fused-ring (bicyclic) bond motifs is 3. The molecule has 0 bridgehead atoms. The fourth-order valence-electron chi connectivity index (χ4n) is 7.43. The van der Waals surface area contributed by atoms with E-state index in [0.29, 0.717) is 10.8 Å². The first kappa shape index (κ1) is 18.9. The maximum atomic E-state index is 3.03. The first-order chi connectivity index (χ1) is 11.2. The average molecular weight is 349 g/mol. The van der Waals surface area contributed by atoms with E-state index in [1.165, 1.54) is 44.7 Å². The highest BCUT2D eigenvalue weighted by Gasteiger charge is 2.61. The molecule has 0 spiro atoms. The van der Waals surface area contributed by atoms with Gasteiger partial charge in [0.05, 0.1) is 0 Å². The summed E-state index contributed by atoms with van der Waals surface area (Å²) in [4.78, 5) is 0. The highest BCUT2D eigenvalue weighted by atomic mass is 31.0. The lowest BCUT2D eigenvalue weighted by atomic mass is 9.50. The average Bonchev–Trinajstić information content (AvgIpc) is 2.73. The Balaban J connectivity index is 1.86. The van der Waals surface area contributed by atoms with Crippen LogP contribution in [0.25, 0.3) is 0 Å². The molecule has 1 heteroatoms. The van der Waals surface area contributed by atoms with Crippen molar-refractivity contribution in [2.24, 2.45) is 46.3 Å². The molecule has 0 nitrogen and oxygen atoms in total. The van der Waals surface area contributed by atoms with E-state index in [9.17, 15) is 0 Å². The van der Waals surface area contributed by atoms with E-state index in [2.05, 4.69) is 56.9 Å². The van der Waals surface area contributed by atoms with Gasteiger partial charge in [-0.25, -0.2) is 0 Å². The number of allylic oxidation sites excluding steroid dienone is 2. The summed E-state index contributed by atoms with van der Waals surface area (Å²) in [7, 11) is 3.03. The third kappa shape index (κ3) is 2.94. The zero-order valence-electron chi connectivity index (χ0n) is 17.1. The minimum Gasteiger partial charge on any atom is -0.137 e. The molecule has 3 rings (SSSR count). The lowest BCUT2D eigenvalue weighted by molar-refractivity contribution is -0.0571. The maximum absolute atomic E-state index is 3.03. The van der Waals surface area contributed by atoms with Crippen LogP contribution in [0.4, 0.5) is 0 Å². The van der Waals surface area contributed by atoms with Crippen LogP contribution in [0.1, 0.15) is 80.1 Å². The smallest absolute Gasteiger partial charge is 0.0258 e. The number of rotatable bonds is 3. The van der Waals surface area contributed by atoms with Crippen LogP contribution in [0, 0.1) is 46.3 Å². The lowest BCUT2D eigenvalue weighted by Crippen LogP contribution is -2.48. The van der Waals surface area contributed by atoms with Crippen molar-refractivity contribution in [3.05, 3.63) is 11.6 Å². The summed E-state index contributed by atoms with van der Waals surface area (Å²) in [6.45, 7) is 15.0. The van der Waals surface area contributed by atoms with E-state index in [1.54, 1.807) is 5.57 Å². The zero-order chi connectivity index (χ0) is 17.7. The molecule has 3 fully saturated rings. The van der Waals surface area contributed by atoms with Crippen molar-refractivity contribution in [1.29, 1.82) is 0 Å². The third-order valence-corrected chi connectivity index (χ3v) is 9.68. The topological polar surface area (TPSA) is 0 Å². The lowest BCUT2D eigenvalue weighted by Gasteiger charge is -2.55. The van der Waals surface area contributed by atoms with Crippen LogP contribution in [0.2, 0.25) is 0 Å². The molecule has 3 aliphatic rings. The molecule has 24 heavy (non-hydrogen) atoms. The van der Waals surface area contributed by atoms with Gasteiger partial charge in [0.1, 0.15) is 0 Å². The molecule has 0 saturated heterocycles. The fourth-order valence-corrected chi connectivity index (χ4v) is 8.09. The SMILES string of the molecule is C/C=C(/C)CC1CC2(C)C3CC(C)C(CP)CC3CCC2C1(C)C.